The third kappa shape index (κ3) is 2.49. The Hall–Kier alpha value is -1.15. The molecule has 1 aliphatic heterocycles. The van der Waals surface area contributed by atoms with E-state index in [2.05, 4.69) is 30.9 Å². The minimum absolute atomic E-state index is 0.221. The zero-order valence-electron chi connectivity index (χ0n) is 11.6. The molecule has 1 fully saturated rings. The van der Waals surface area contributed by atoms with Gasteiger partial charge in [0, 0.05) is 12.1 Å². The van der Waals surface area contributed by atoms with Crippen LogP contribution in [0, 0.1) is 0 Å². The van der Waals surface area contributed by atoms with Gasteiger partial charge in [0.2, 0.25) is 0 Å². The van der Waals surface area contributed by atoms with Crippen molar-refractivity contribution in [3.05, 3.63) is 35.9 Å². The van der Waals surface area contributed by atoms with Crippen molar-refractivity contribution < 1.29 is 4.79 Å². The van der Waals surface area contributed by atoms with Crippen LogP contribution in [0.15, 0.2) is 30.3 Å². The van der Waals surface area contributed by atoms with E-state index in [1.165, 1.54) is 12.8 Å². The first-order valence-electron chi connectivity index (χ1n) is 6.75. The third-order valence-corrected chi connectivity index (χ3v) is 4.29. The minimum atomic E-state index is -0.400. The van der Waals surface area contributed by atoms with Crippen molar-refractivity contribution in [2.24, 2.45) is 0 Å². The van der Waals surface area contributed by atoms with Gasteiger partial charge in [-0.05, 0) is 45.7 Å². The van der Waals surface area contributed by atoms with Crippen LogP contribution in [0.3, 0.4) is 0 Å². The van der Waals surface area contributed by atoms with Gasteiger partial charge in [-0.2, -0.15) is 0 Å². The lowest BCUT2D eigenvalue weighted by atomic mass is 9.82. The van der Waals surface area contributed by atoms with Crippen molar-refractivity contribution in [1.82, 2.24) is 4.90 Å². The Morgan fingerprint density at radius 1 is 1.33 bits per heavy atom. The van der Waals surface area contributed by atoms with Crippen molar-refractivity contribution >= 4 is 6.29 Å². The van der Waals surface area contributed by atoms with E-state index in [0.29, 0.717) is 0 Å². The molecule has 0 aromatic heterocycles. The summed E-state index contributed by atoms with van der Waals surface area (Å²) in [6, 6.07) is 10.1. The minimum Gasteiger partial charge on any atom is -0.302 e. The maximum Gasteiger partial charge on any atom is 0.131 e. The van der Waals surface area contributed by atoms with Crippen molar-refractivity contribution in [3.63, 3.8) is 0 Å². The monoisotopic (exact) mass is 245 g/mol. The van der Waals surface area contributed by atoms with Gasteiger partial charge in [-0.1, -0.05) is 30.3 Å². The molecule has 18 heavy (non-hydrogen) atoms. The molecule has 0 aliphatic carbocycles. The van der Waals surface area contributed by atoms with Crippen LogP contribution in [0.25, 0.3) is 0 Å². The van der Waals surface area contributed by atoms with Crippen LogP contribution in [-0.4, -0.2) is 29.8 Å². The summed E-state index contributed by atoms with van der Waals surface area (Å²) in [7, 11) is 0. The van der Waals surface area contributed by atoms with E-state index in [-0.39, 0.29) is 5.54 Å². The van der Waals surface area contributed by atoms with E-state index in [0.717, 1.165) is 24.9 Å². The predicted molar refractivity (Wildman–Crippen MR) is 74.7 cm³/mol. The Kier molecular flexibility index (Phi) is 3.58. The SMILES string of the molecule is CC(C=O)(CN1CCCC1(C)C)c1ccccc1. The molecule has 98 valence electrons. The highest BCUT2D eigenvalue weighted by molar-refractivity contribution is 5.68. The zero-order valence-corrected chi connectivity index (χ0v) is 11.6. The summed E-state index contributed by atoms with van der Waals surface area (Å²) in [6.45, 7) is 8.51. The summed E-state index contributed by atoms with van der Waals surface area (Å²) in [5.41, 5.74) is 0.935. The largest absolute Gasteiger partial charge is 0.302 e. The standard InChI is InChI=1S/C16H23NO/c1-15(2)10-7-11-17(15)12-16(3,13-18)14-8-5-4-6-9-14/h4-6,8-9,13H,7,10-12H2,1-3H3. The number of carbonyl (C=O) groups excluding carboxylic acids is 1. The molecular weight excluding hydrogens is 222 g/mol. The molecule has 0 N–H and O–H groups in total. The lowest BCUT2D eigenvalue weighted by molar-refractivity contribution is -0.113. The van der Waals surface area contributed by atoms with Gasteiger partial charge in [0.25, 0.3) is 0 Å². The molecule has 0 amide bonds. The van der Waals surface area contributed by atoms with Crippen LogP contribution >= 0.6 is 0 Å². The summed E-state index contributed by atoms with van der Waals surface area (Å²) < 4.78 is 0. The second-order valence-electron chi connectivity index (χ2n) is 6.24. The number of rotatable bonds is 4. The fraction of sp³-hybridized carbons (Fsp3) is 0.562. The third-order valence-electron chi connectivity index (χ3n) is 4.29. The quantitative estimate of drug-likeness (QED) is 0.760. The predicted octanol–water partition coefficient (Wildman–Crippen LogP) is 3.02. The first kappa shape index (κ1) is 13.3. The molecule has 0 spiro atoms. The first-order valence-corrected chi connectivity index (χ1v) is 6.75. The molecule has 0 bridgehead atoms. The Balaban J connectivity index is 2.21. The number of nitrogens with zero attached hydrogens (tertiary/aromatic N) is 1. The molecule has 1 aliphatic rings. The second kappa shape index (κ2) is 4.85. The molecule has 1 aromatic rings. The Morgan fingerprint density at radius 2 is 2.00 bits per heavy atom. The highest BCUT2D eigenvalue weighted by Gasteiger charge is 2.37. The second-order valence-corrected chi connectivity index (χ2v) is 6.24. The maximum absolute atomic E-state index is 11.6. The van der Waals surface area contributed by atoms with Gasteiger partial charge in [0.05, 0.1) is 5.41 Å². The van der Waals surface area contributed by atoms with Crippen LogP contribution in [-0.2, 0) is 10.2 Å². The number of aldehydes is 1. The molecule has 0 saturated carbocycles. The van der Waals surface area contributed by atoms with Crippen LogP contribution in [0.2, 0.25) is 0 Å². The van der Waals surface area contributed by atoms with Gasteiger partial charge in [0.1, 0.15) is 6.29 Å². The van der Waals surface area contributed by atoms with E-state index in [1.54, 1.807) is 0 Å². The van der Waals surface area contributed by atoms with Crippen molar-refractivity contribution in [3.8, 4) is 0 Å². The highest BCUT2D eigenvalue weighted by atomic mass is 16.1. The number of likely N-dealkylation sites (tertiary alicyclic amines) is 1. The van der Waals surface area contributed by atoms with Gasteiger partial charge >= 0.3 is 0 Å². The zero-order chi connectivity index (χ0) is 13.2. The lowest BCUT2D eigenvalue weighted by Crippen LogP contribution is -2.47. The smallest absolute Gasteiger partial charge is 0.131 e. The molecule has 1 atom stereocenters. The normalized spacial score (nSPS) is 22.6. The molecule has 2 heteroatoms. The number of hydrogen-bond acceptors (Lipinski definition) is 2. The van der Waals surface area contributed by atoms with Gasteiger partial charge in [-0.3, -0.25) is 4.90 Å². The summed E-state index contributed by atoms with van der Waals surface area (Å²) in [5.74, 6) is 0. The summed E-state index contributed by atoms with van der Waals surface area (Å²) >= 11 is 0. The average molecular weight is 245 g/mol. The van der Waals surface area contributed by atoms with E-state index in [9.17, 15) is 4.79 Å². The van der Waals surface area contributed by atoms with Crippen molar-refractivity contribution in [2.75, 3.05) is 13.1 Å². The van der Waals surface area contributed by atoms with Crippen LogP contribution in [0.5, 0.6) is 0 Å². The average Bonchev–Trinajstić information content (AvgIpc) is 2.69. The molecule has 1 saturated heterocycles. The van der Waals surface area contributed by atoms with Gasteiger partial charge in [-0.25, -0.2) is 0 Å². The fourth-order valence-electron chi connectivity index (χ4n) is 2.87. The van der Waals surface area contributed by atoms with Crippen LogP contribution < -0.4 is 0 Å². The molecule has 2 rings (SSSR count). The molecule has 1 aromatic carbocycles. The van der Waals surface area contributed by atoms with Gasteiger partial charge in [0.15, 0.2) is 0 Å². The van der Waals surface area contributed by atoms with Crippen LogP contribution in [0.4, 0.5) is 0 Å². The van der Waals surface area contributed by atoms with E-state index >= 15 is 0 Å². The van der Waals surface area contributed by atoms with Gasteiger partial charge in [-0.15, -0.1) is 0 Å². The van der Waals surface area contributed by atoms with E-state index < -0.39 is 5.41 Å². The van der Waals surface area contributed by atoms with E-state index in [1.807, 2.05) is 25.1 Å². The number of benzene rings is 1. The first-order chi connectivity index (χ1) is 8.48. The van der Waals surface area contributed by atoms with Crippen LogP contribution in [0.1, 0.15) is 39.2 Å². The molecule has 1 heterocycles. The lowest BCUT2D eigenvalue weighted by Gasteiger charge is -2.37. The maximum atomic E-state index is 11.6. The number of carbonyl (C=O) groups is 1. The Labute approximate surface area is 110 Å². The fourth-order valence-corrected chi connectivity index (χ4v) is 2.87. The topological polar surface area (TPSA) is 20.3 Å². The van der Waals surface area contributed by atoms with E-state index in [4.69, 9.17) is 0 Å². The van der Waals surface area contributed by atoms with Crippen molar-refractivity contribution in [1.29, 1.82) is 0 Å². The highest BCUT2D eigenvalue weighted by Crippen LogP contribution is 2.32. The Morgan fingerprint density at radius 3 is 2.50 bits per heavy atom. The molecule has 2 nitrogen and oxygen atoms in total. The summed E-state index contributed by atoms with van der Waals surface area (Å²) in [5, 5.41) is 0. The van der Waals surface area contributed by atoms with Crippen molar-refractivity contribution in [2.45, 2.75) is 44.6 Å². The molecule has 1 unspecified atom stereocenters. The molecular formula is C16H23NO. The Bertz CT molecular complexity index is 412. The number of hydrogen-bond donors (Lipinski definition) is 0. The molecule has 0 radical (unpaired) electrons. The van der Waals surface area contributed by atoms with Gasteiger partial charge < -0.3 is 4.79 Å². The summed E-state index contributed by atoms with van der Waals surface area (Å²) in [6.07, 6.45) is 3.56. The summed E-state index contributed by atoms with van der Waals surface area (Å²) in [4.78, 5) is 14.1.